The number of likely N-dealkylation sites (tertiary alicyclic amines) is 2. The van der Waals surface area contributed by atoms with Crippen LogP contribution < -0.4 is 10.6 Å². The van der Waals surface area contributed by atoms with Crippen LogP contribution in [-0.4, -0.2) is 66.5 Å². The minimum atomic E-state index is -0.744. The molecule has 60 heavy (non-hydrogen) atoms. The Morgan fingerprint density at radius 3 is 1.33 bits per heavy atom. The lowest BCUT2D eigenvalue weighted by atomic mass is 10.0. The highest BCUT2D eigenvalue weighted by atomic mass is 16.2. The first kappa shape index (κ1) is 38.6. The molecule has 0 spiro atoms. The van der Waals surface area contributed by atoms with Gasteiger partial charge in [-0.05, 0) is 98.6 Å². The Bertz CT molecular complexity index is 2330. The number of hydrogen-bond acceptors (Lipinski definition) is 6. The zero-order chi connectivity index (χ0) is 41.0. The van der Waals surface area contributed by atoms with Gasteiger partial charge in [-0.3, -0.25) is 19.2 Å². The molecule has 4 heterocycles. The van der Waals surface area contributed by atoms with E-state index in [1.807, 2.05) is 94.7 Å². The van der Waals surface area contributed by atoms with Gasteiger partial charge in [-0.15, -0.1) is 0 Å². The molecule has 12 heteroatoms. The minimum absolute atomic E-state index is 0.00650. The lowest BCUT2D eigenvalue weighted by molar-refractivity contribution is -0.138. The van der Waals surface area contributed by atoms with Crippen LogP contribution in [0.15, 0.2) is 97.3 Å². The maximum atomic E-state index is 14.0. The lowest BCUT2D eigenvalue weighted by Crippen LogP contribution is -2.43. The molecule has 0 radical (unpaired) electrons. The standard InChI is InChI=1S/C48H46N8O4/c57-45(35-21-22-35)53-41(33-9-3-1-4-10-33)47(59)55-27-7-13-39(55)43-49-29-37(51-43)25-19-31-15-17-32(18-16-31)20-26-38-30-50-44(52-38)40-14-8-28-56(40)48(60)42(34-11-5-2-6-12-34)54-46(58)36-23-24-36/h1-6,9-12,15-18,29-30,35-36,39-42H,7-8,13-14,21-24,27-28H2,(H,49,51)(H,50,52)(H,53,57)(H,54,58)/t39-,40-,41+,42+/m0/s1. The molecule has 2 saturated heterocycles. The summed E-state index contributed by atoms with van der Waals surface area (Å²) in [7, 11) is 0. The molecule has 3 aromatic carbocycles. The molecule has 4 atom stereocenters. The summed E-state index contributed by atoms with van der Waals surface area (Å²) >= 11 is 0. The first-order valence-corrected chi connectivity index (χ1v) is 20.9. The average molecular weight is 799 g/mol. The molecule has 0 bridgehead atoms. The summed E-state index contributed by atoms with van der Waals surface area (Å²) in [5.41, 5.74) is 4.45. The number of carbonyl (C=O) groups excluding carboxylic acids is 4. The fraction of sp³-hybridized carbons (Fsp3) is 0.333. The second-order valence-electron chi connectivity index (χ2n) is 16.1. The van der Waals surface area contributed by atoms with Crippen LogP contribution in [0, 0.1) is 35.5 Å². The van der Waals surface area contributed by atoms with Crippen LogP contribution in [0.2, 0.25) is 0 Å². The number of hydrogen-bond donors (Lipinski definition) is 4. The van der Waals surface area contributed by atoms with Gasteiger partial charge in [-0.2, -0.15) is 0 Å². The Balaban J connectivity index is 0.828. The van der Waals surface area contributed by atoms with E-state index in [9.17, 15) is 19.2 Å². The predicted octanol–water partition coefficient (Wildman–Crippen LogP) is 5.79. The van der Waals surface area contributed by atoms with Gasteiger partial charge in [0.25, 0.3) is 0 Å². The SMILES string of the molecule is O=C(N[C@@H](C(=O)N1CCC[C@H]1c1ncc(C#Cc2ccc(C#Cc3cnc([C@@H]4CCCN4C(=O)[C@H](NC(=O)C4CC4)c4ccccc4)[nH]3)cc2)[nH]1)c1ccccc1)C1CC1. The number of imidazole rings is 2. The number of aromatic nitrogens is 4. The van der Waals surface area contributed by atoms with E-state index < -0.39 is 12.1 Å². The molecule has 2 aliphatic carbocycles. The van der Waals surface area contributed by atoms with Gasteiger partial charge in [-0.25, -0.2) is 9.97 Å². The number of nitrogens with one attached hydrogen (secondary N) is 4. The van der Waals surface area contributed by atoms with Crippen LogP contribution in [0.4, 0.5) is 0 Å². The zero-order valence-electron chi connectivity index (χ0n) is 33.2. The van der Waals surface area contributed by atoms with E-state index >= 15 is 0 Å². The second-order valence-corrected chi connectivity index (χ2v) is 16.1. The van der Waals surface area contributed by atoms with E-state index in [-0.39, 0.29) is 47.5 Å². The van der Waals surface area contributed by atoms with Crippen LogP contribution in [0.5, 0.6) is 0 Å². The van der Waals surface area contributed by atoms with Crippen molar-refractivity contribution in [1.29, 1.82) is 0 Å². The highest BCUT2D eigenvalue weighted by Crippen LogP contribution is 2.36. The van der Waals surface area contributed by atoms with Crippen LogP contribution in [0.1, 0.15) is 121 Å². The molecule has 9 rings (SSSR count). The Morgan fingerprint density at radius 2 is 0.950 bits per heavy atom. The lowest BCUT2D eigenvalue weighted by Gasteiger charge is -2.28. The van der Waals surface area contributed by atoms with Gasteiger partial charge in [0.1, 0.15) is 35.1 Å². The molecular formula is C48H46N8O4. The van der Waals surface area contributed by atoms with E-state index in [0.717, 1.165) is 73.6 Å². The highest BCUT2D eigenvalue weighted by molar-refractivity contribution is 5.91. The van der Waals surface area contributed by atoms with Gasteiger partial charge in [0.05, 0.1) is 24.5 Å². The van der Waals surface area contributed by atoms with Crippen LogP contribution in [-0.2, 0) is 19.2 Å². The number of nitrogens with zero attached hydrogens (tertiary/aromatic N) is 4. The molecule has 0 unspecified atom stereocenters. The average Bonchev–Trinajstić information content (AvgIpc) is 4.06. The second kappa shape index (κ2) is 17.1. The molecule has 4 aliphatic rings. The maximum Gasteiger partial charge on any atom is 0.250 e. The molecule has 2 aromatic heterocycles. The summed E-state index contributed by atoms with van der Waals surface area (Å²) in [6.07, 6.45) is 10.1. The number of rotatable bonds is 10. The van der Waals surface area contributed by atoms with Gasteiger partial charge >= 0.3 is 0 Å². The van der Waals surface area contributed by atoms with Crippen molar-refractivity contribution >= 4 is 23.6 Å². The summed E-state index contributed by atoms with van der Waals surface area (Å²) in [6, 6.07) is 24.6. The summed E-state index contributed by atoms with van der Waals surface area (Å²) < 4.78 is 0. The molecule has 4 amide bonds. The first-order chi connectivity index (χ1) is 29.4. The minimum Gasteiger partial charge on any atom is -0.340 e. The molecular weight excluding hydrogens is 753 g/mol. The third-order valence-electron chi connectivity index (χ3n) is 11.7. The van der Waals surface area contributed by atoms with Crippen molar-refractivity contribution in [2.24, 2.45) is 11.8 Å². The normalized spacial score (nSPS) is 19.3. The van der Waals surface area contributed by atoms with Crippen molar-refractivity contribution in [3.05, 3.63) is 143 Å². The Labute approximate surface area is 349 Å². The Morgan fingerprint density at radius 1 is 0.550 bits per heavy atom. The number of benzene rings is 3. The zero-order valence-corrected chi connectivity index (χ0v) is 33.2. The molecule has 2 saturated carbocycles. The topological polar surface area (TPSA) is 156 Å². The van der Waals surface area contributed by atoms with E-state index in [0.29, 0.717) is 36.1 Å². The monoisotopic (exact) mass is 798 g/mol. The summed E-state index contributed by atoms with van der Waals surface area (Å²) in [4.78, 5) is 73.1. The number of amides is 4. The smallest absolute Gasteiger partial charge is 0.250 e. The molecule has 5 aromatic rings. The third-order valence-corrected chi connectivity index (χ3v) is 11.7. The molecule has 12 nitrogen and oxygen atoms in total. The van der Waals surface area contributed by atoms with Gasteiger partial charge in [0.15, 0.2) is 0 Å². The van der Waals surface area contributed by atoms with E-state index in [2.05, 4.69) is 54.3 Å². The van der Waals surface area contributed by atoms with Crippen molar-refractivity contribution in [3.63, 3.8) is 0 Å². The van der Waals surface area contributed by atoms with Crippen molar-refractivity contribution in [1.82, 2.24) is 40.4 Å². The van der Waals surface area contributed by atoms with Crippen molar-refractivity contribution in [3.8, 4) is 23.7 Å². The molecule has 4 N–H and O–H groups in total. The number of carbonyl (C=O) groups is 4. The fourth-order valence-electron chi connectivity index (χ4n) is 8.09. The van der Waals surface area contributed by atoms with E-state index in [1.54, 1.807) is 12.4 Å². The Kier molecular flexibility index (Phi) is 11.0. The van der Waals surface area contributed by atoms with Gasteiger partial charge in [-0.1, -0.05) is 72.5 Å². The fourth-order valence-corrected chi connectivity index (χ4v) is 8.09. The van der Waals surface area contributed by atoms with Crippen molar-refractivity contribution in [2.75, 3.05) is 13.1 Å². The number of H-pyrrole nitrogens is 2. The summed E-state index contributed by atoms with van der Waals surface area (Å²) in [5, 5.41) is 6.04. The highest BCUT2D eigenvalue weighted by Gasteiger charge is 2.40. The van der Waals surface area contributed by atoms with Crippen molar-refractivity contribution < 1.29 is 19.2 Å². The van der Waals surface area contributed by atoms with Crippen LogP contribution >= 0.6 is 0 Å². The molecule has 4 fully saturated rings. The largest absolute Gasteiger partial charge is 0.340 e. The molecule has 2 aliphatic heterocycles. The van der Waals surface area contributed by atoms with Crippen LogP contribution in [0.25, 0.3) is 0 Å². The number of aromatic amines is 2. The molecule has 302 valence electrons. The Hall–Kier alpha value is -6.92. The van der Waals surface area contributed by atoms with Gasteiger partial charge in [0.2, 0.25) is 23.6 Å². The first-order valence-electron chi connectivity index (χ1n) is 20.9. The summed E-state index contributed by atoms with van der Waals surface area (Å²) in [5.74, 6) is 13.7. The van der Waals surface area contributed by atoms with Gasteiger partial charge in [0, 0.05) is 36.1 Å². The predicted molar refractivity (Wildman–Crippen MR) is 223 cm³/mol. The quantitative estimate of drug-likeness (QED) is 0.131. The van der Waals surface area contributed by atoms with E-state index in [1.165, 1.54) is 0 Å². The van der Waals surface area contributed by atoms with Gasteiger partial charge < -0.3 is 30.4 Å². The summed E-state index contributed by atoms with van der Waals surface area (Å²) in [6.45, 7) is 1.17. The maximum absolute atomic E-state index is 14.0. The van der Waals surface area contributed by atoms with E-state index in [4.69, 9.17) is 0 Å². The van der Waals surface area contributed by atoms with Crippen LogP contribution in [0.3, 0.4) is 0 Å². The van der Waals surface area contributed by atoms with Crippen molar-refractivity contribution in [2.45, 2.75) is 75.5 Å². The third kappa shape index (κ3) is 8.74.